The van der Waals surface area contributed by atoms with E-state index in [4.69, 9.17) is 10.2 Å². The van der Waals surface area contributed by atoms with Crippen molar-refractivity contribution in [3.63, 3.8) is 0 Å². The van der Waals surface area contributed by atoms with Crippen LogP contribution in [0.25, 0.3) is 0 Å². The van der Waals surface area contributed by atoms with Crippen LogP contribution in [0, 0.1) is 0 Å². The van der Waals surface area contributed by atoms with Gasteiger partial charge in [0.15, 0.2) is 0 Å². The Labute approximate surface area is 62.6 Å². The number of carbonyl (C=O) groups is 2. The Balaban J connectivity index is 2.67. The van der Waals surface area contributed by atoms with Gasteiger partial charge in [-0.05, 0) is 0 Å². The van der Waals surface area contributed by atoms with Gasteiger partial charge in [0, 0.05) is 0 Å². The molecule has 11 heavy (non-hydrogen) atoms. The summed E-state index contributed by atoms with van der Waals surface area (Å²) < 4.78 is 4.65. The van der Waals surface area contributed by atoms with E-state index in [0.717, 1.165) is 0 Å². The summed E-state index contributed by atoms with van der Waals surface area (Å²) in [6, 6.07) is 0. The zero-order valence-corrected chi connectivity index (χ0v) is 5.69. The van der Waals surface area contributed by atoms with E-state index in [0.29, 0.717) is 0 Å². The molecule has 0 aromatic carbocycles. The van der Waals surface area contributed by atoms with E-state index in [1.807, 2.05) is 0 Å². The average Bonchev–Trinajstić information content (AvgIpc) is 2.01. The minimum Gasteiger partial charge on any atom is -0.393 e. The fraction of sp³-hybridized carbons (Fsp3) is 0.667. The van der Waals surface area contributed by atoms with Crippen LogP contribution in [0.3, 0.4) is 0 Å². The highest BCUT2D eigenvalue weighted by Crippen LogP contribution is 2.05. The first-order valence-electron chi connectivity index (χ1n) is 3.15. The molecule has 1 saturated heterocycles. The first kappa shape index (κ1) is 8.32. The van der Waals surface area contributed by atoms with E-state index in [9.17, 15) is 9.59 Å². The minimum absolute atomic E-state index is 0.212. The average molecular weight is 160 g/mol. The number of rotatable bonds is 1. The predicted octanol–water partition coefficient (Wildman–Crippen LogP) is -2.12. The summed E-state index contributed by atoms with van der Waals surface area (Å²) in [7, 11) is 0. The number of aliphatic hydroxyl groups is 2. The molecule has 5 nitrogen and oxygen atoms in total. The number of hydrogen-bond donors (Lipinski definition) is 2. The van der Waals surface area contributed by atoms with E-state index >= 15 is 0 Å². The Bertz CT molecular complexity index is 187. The Morgan fingerprint density at radius 3 is 2.64 bits per heavy atom. The predicted molar refractivity (Wildman–Crippen MR) is 32.8 cm³/mol. The SMILES string of the molecule is O=C1C(=O)C(CO)OCC1O. The third kappa shape index (κ3) is 1.45. The minimum atomic E-state index is -1.36. The molecule has 1 fully saturated rings. The summed E-state index contributed by atoms with van der Waals surface area (Å²) in [5.41, 5.74) is 0. The van der Waals surface area contributed by atoms with Crippen molar-refractivity contribution in [2.75, 3.05) is 13.2 Å². The van der Waals surface area contributed by atoms with Crippen molar-refractivity contribution in [2.24, 2.45) is 0 Å². The number of aliphatic hydroxyl groups excluding tert-OH is 2. The molecule has 0 amide bonds. The summed E-state index contributed by atoms with van der Waals surface area (Å²) in [6.07, 6.45) is -2.43. The molecule has 2 N–H and O–H groups in total. The van der Waals surface area contributed by atoms with Crippen molar-refractivity contribution in [3.8, 4) is 0 Å². The van der Waals surface area contributed by atoms with E-state index < -0.39 is 30.4 Å². The molecule has 5 heteroatoms. The molecule has 1 heterocycles. The van der Waals surface area contributed by atoms with Gasteiger partial charge in [-0.2, -0.15) is 0 Å². The van der Waals surface area contributed by atoms with E-state index in [-0.39, 0.29) is 6.61 Å². The van der Waals surface area contributed by atoms with Crippen LogP contribution in [-0.2, 0) is 14.3 Å². The number of Topliss-reactive ketones (excluding diaryl/α,β-unsaturated/α-hetero) is 2. The number of hydrogen-bond acceptors (Lipinski definition) is 5. The Morgan fingerprint density at radius 2 is 2.09 bits per heavy atom. The lowest BCUT2D eigenvalue weighted by molar-refractivity contribution is -0.161. The summed E-state index contributed by atoms with van der Waals surface area (Å²) >= 11 is 0. The number of ketones is 2. The highest BCUT2D eigenvalue weighted by atomic mass is 16.5. The molecule has 0 aromatic rings. The largest absolute Gasteiger partial charge is 0.393 e. The summed E-state index contributed by atoms with van der Waals surface area (Å²) in [6.45, 7) is -0.729. The highest BCUT2D eigenvalue weighted by molar-refractivity contribution is 6.41. The maximum Gasteiger partial charge on any atom is 0.232 e. The maximum atomic E-state index is 10.8. The topological polar surface area (TPSA) is 83.8 Å². The zero-order valence-electron chi connectivity index (χ0n) is 5.69. The molecule has 0 radical (unpaired) electrons. The lowest BCUT2D eigenvalue weighted by Gasteiger charge is -2.21. The van der Waals surface area contributed by atoms with Gasteiger partial charge >= 0.3 is 0 Å². The van der Waals surface area contributed by atoms with Gasteiger partial charge < -0.3 is 14.9 Å². The van der Waals surface area contributed by atoms with Crippen molar-refractivity contribution in [2.45, 2.75) is 12.2 Å². The molecule has 2 atom stereocenters. The molecule has 0 bridgehead atoms. The fourth-order valence-corrected chi connectivity index (χ4v) is 0.817. The molecular formula is C6H8O5. The third-order valence-electron chi connectivity index (χ3n) is 1.46. The molecule has 62 valence electrons. The van der Waals surface area contributed by atoms with Crippen LogP contribution >= 0.6 is 0 Å². The first-order chi connectivity index (χ1) is 5.16. The van der Waals surface area contributed by atoms with Crippen LogP contribution in [0.2, 0.25) is 0 Å². The van der Waals surface area contributed by atoms with Crippen LogP contribution in [0.15, 0.2) is 0 Å². The second-order valence-electron chi connectivity index (χ2n) is 2.25. The number of carbonyl (C=O) groups excluding carboxylic acids is 2. The Kier molecular flexibility index (Phi) is 2.33. The monoisotopic (exact) mass is 160 g/mol. The van der Waals surface area contributed by atoms with Crippen LogP contribution < -0.4 is 0 Å². The van der Waals surface area contributed by atoms with Crippen molar-refractivity contribution in [3.05, 3.63) is 0 Å². The molecule has 0 aliphatic carbocycles. The number of ether oxygens (including phenoxy) is 1. The summed E-state index contributed by atoms with van der Waals surface area (Å²) in [5.74, 6) is -1.73. The van der Waals surface area contributed by atoms with Crippen molar-refractivity contribution < 1.29 is 24.5 Å². The van der Waals surface area contributed by atoms with Crippen LogP contribution in [0.4, 0.5) is 0 Å². The van der Waals surface area contributed by atoms with E-state index in [1.54, 1.807) is 0 Å². The molecule has 1 aliphatic rings. The molecule has 0 aromatic heterocycles. The van der Waals surface area contributed by atoms with Gasteiger partial charge in [0.2, 0.25) is 11.6 Å². The van der Waals surface area contributed by atoms with Crippen molar-refractivity contribution in [1.82, 2.24) is 0 Å². The normalized spacial score (nSPS) is 32.5. The summed E-state index contributed by atoms with van der Waals surface area (Å²) in [4.78, 5) is 21.5. The lowest BCUT2D eigenvalue weighted by atomic mass is 10.0. The molecule has 1 rings (SSSR count). The third-order valence-corrected chi connectivity index (χ3v) is 1.46. The second kappa shape index (κ2) is 3.08. The van der Waals surface area contributed by atoms with Crippen molar-refractivity contribution in [1.29, 1.82) is 0 Å². The molecule has 2 unspecified atom stereocenters. The standard InChI is InChI=1S/C6H8O5/c7-1-4-6(10)5(9)3(8)2-11-4/h3-4,7-8H,1-2H2. The zero-order chi connectivity index (χ0) is 8.43. The van der Waals surface area contributed by atoms with Crippen LogP contribution in [0.5, 0.6) is 0 Å². The van der Waals surface area contributed by atoms with Crippen LogP contribution in [0.1, 0.15) is 0 Å². The molecule has 1 aliphatic heterocycles. The molecule has 0 saturated carbocycles. The fourth-order valence-electron chi connectivity index (χ4n) is 0.817. The highest BCUT2D eigenvalue weighted by Gasteiger charge is 2.35. The second-order valence-corrected chi connectivity index (χ2v) is 2.25. The van der Waals surface area contributed by atoms with Gasteiger partial charge in [-0.1, -0.05) is 0 Å². The first-order valence-corrected chi connectivity index (χ1v) is 3.15. The Hall–Kier alpha value is -0.780. The lowest BCUT2D eigenvalue weighted by Crippen LogP contribution is -2.47. The summed E-state index contributed by atoms with van der Waals surface area (Å²) in [5, 5.41) is 17.3. The Morgan fingerprint density at radius 1 is 1.45 bits per heavy atom. The van der Waals surface area contributed by atoms with E-state index in [2.05, 4.69) is 4.74 Å². The maximum absolute atomic E-state index is 10.8. The smallest absolute Gasteiger partial charge is 0.232 e. The van der Waals surface area contributed by atoms with Gasteiger partial charge in [0.1, 0.15) is 12.2 Å². The molecule has 0 spiro atoms. The van der Waals surface area contributed by atoms with Gasteiger partial charge in [-0.15, -0.1) is 0 Å². The van der Waals surface area contributed by atoms with E-state index in [1.165, 1.54) is 0 Å². The van der Waals surface area contributed by atoms with Crippen LogP contribution in [-0.4, -0.2) is 47.2 Å². The van der Waals surface area contributed by atoms with Gasteiger partial charge in [0.05, 0.1) is 13.2 Å². The quantitative estimate of drug-likeness (QED) is 0.428. The van der Waals surface area contributed by atoms with Gasteiger partial charge in [-0.3, -0.25) is 9.59 Å². The van der Waals surface area contributed by atoms with Crippen molar-refractivity contribution >= 4 is 11.6 Å². The van der Waals surface area contributed by atoms with Gasteiger partial charge in [-0.25, -0.2) is 0 Å². The molecular weight excluding hydrogens is 152 g/mol. The van der Waals surface area contributed by atoms with Gasteiger partial charge in [0.25, 0.3) is 0 Å².